The van der Waals surface area contributed by atoms with E-state index in [9.17, 15) is 14.4 Å². The molecule has 0 heterocycles. The maximum Gasteiger partial charge on any atom is 0.326 e. The fourth-order valence-electron chi connectivity index (χ4n) is 2.30. The Hall–Kier alpha value is -2.57. The second kappa shape index (κ2) is 9.66. The SMILES string of the molecule is COc1ccc(C(C)C(=O)NCC(=O)N[C@@H](CC(C)C)C(=O)O)cc1. The van der Waals surface area contributed by atoms with Crippen LogP contribution in [0.25, 0.3) is 0 Å². The van der Waals surface area contributed by atoms with Crippen molar-refractivity contribution in [2.45, 2.75) is 39.2 Å². The molecule has 0 aromatic heterocycles. The van der Waals surface area contributed by atoms with Gasteiger partial charge in [-0.25, -0.2) is 4.79 Å². The van der Waals surface area contributed by atoms with Crippen molar-refractivity contribution >= 4 is 17.8 Å². The van der Waals surface area contributed by atoms with Crippen molar-refractivity contribution in [3.63, 3.8) is 0 Å². The molecule has 2 atom stereocenters. The molecule has 7 nitrogen and oxygen atoms in total. The van der Waals surface area contributed by atoms with Crippen LogP contribution in [-0.4, -0.2) is 42.6 Å². The third-order valence-electron chi connectivity index (χ3n) is 3.77. The molecule has 3 N–H and O–H groups in total. The van der Waals surface area contributed by atoms with Gasteiger partial charge in [0.05, 0.1) is 19.6 Å². The number of nitrogens with one attached hydrogen (secondary N) is 2. The first-order chi connectivity index (χ1) is 11.7. The molecule has 0 saturated heterocycles. The summed E-state index contributed by atoms with van der Waals surface area (Å²) in [6.07, 6.45) is 0.331. The number of hydrogen-bond donors (Lipinski definition) is 3. The van der Waals surface area contributed by atoms with Gasteiger partial charge in [0.1, 0.15) is 11.8 Å². The molecule has 0 fully saturated rings. The van der Waals surface area contributed by atoms with E-state index in [1.165, 1.54) is 0 Å². The molecule has 0 radical (unpaired) electrons. The summed E-state index contributed by atoms with van der Waals surface area (Å²) in [6.45, 7) is 5.22. The highest BCUT2D eigenvalue weighted by Gasteiger charge is 2.22. The van der Waals surface area contributed by atoms with Crippen molar-refractivity contribution in [2.75, 3.05) is 13.7 Å². The highest BCUT2D eigenvalue weighted by molar-refractivity contribution is 5.90. The van der Waals surface area contributed by atoms with Crippen LogP contribution in [0, 0.1) is 5.92 Å². The molecule has 138 valence electrons. The predicted molar refractivity (Wildman–Crippen MR) is 93.4 cm³/mol. The fourth-order valence-corrected chi connectivity index (χ4v) is 2.30. The summed E-state index contributed by atoms with van der Waals surface area (Å²) < 4.78 is 5.07. The van der Waals surface area contributed by atoms with E-state index in [0.717, 1.165) is 5.56 Å². The standard InChI is InChI=1S/C18H26N2O5/c1-11(2)9-15(18(23)24)20-16(21)10-19-17(22)12(3)13-5-7-14(25-4)8-6-13/h5-8,11-12,15H,9-10H2,1-4H3,(H,19,22)(H,20,21)(H,23,24)/t12?,15-/m0/s1. The molecule has 0 aliphatic carbocycles. The van der Waals surface area contributed by atoms with Crippen molar-refractivity contribution in [1.29, 1.82) is 0 Å². The molecule has 0 aliphatic rings. The molecule has 7 heteroatoms. The molecule has 1 unspecified atom stereocenters. The van der Waals surface area contributed by atoms with Crippen LogP contribution < -0.4 is 15.4 Å². The van der Waals surface area contributed by atoms with Gasteiger partial charge in [0.25, 0.3) is 0 Å². The maximum atomic E-state index is 12.2. The molecule has 0 bridgehead atoms. The highest BCUT2D eigenvalue weighted by atomic mass is 16.5. The summed E-state index contributed by atoms with van der Waals surface area (Å²) in [5.41, 5.74) is 0.793. The second-order valence-corrected chi connectivity index (χ2v) is 6.30. The normalized spacial score (nSPS) is 13.0. The lowest BCUT2D eigenvalue weighted by Gasteiger charge is -2.17. The Morgan fingerprint density at radius 3 is 2.20 bits per heavy atom. The summed E-state index contributed by atoms with van der Waals surface area (Å²) >= 11 is 0. The molecule has 1 rings (SSSR count). The highest BCUT2D eigenvalue weighted by Crippen LogP contribution is 2.19. The lowest BCUT2D eigenvalue weighted by Crippen LogP contribution is -2.46. The van der Waals surface area contributed by atoms with Crippen molar-refractivity contribution in [2.24, 2.45) is 5.92 Å². The number of amides is 2. The monoisotopic (exact) mass is 350 g/mol. The van der Waals surface area contributed by atoms with Gasteiger partial charge in [-0.05, 0) is 37.0 Å². The van der Waals surface area contributed by atoms with E-state index in [2.05, 4.69) is 10.6 Å². The Labute approximate surface area is 147 Å². The first-order valence-corrected chi connectivity index (χ1v) is 8.18. The van der Waals surface area contributed by atoms with Crippen LogP contribution in [0.5, 0.6) is 5.75 Å². The zero-order chi connectivity index (χ0) is 19.0. The lowest BCUT2D eigenvalue weighted by molar-refractivity contribution is -0.142. The van der Waals surface area contributed by atoms with Crippen molar-refractivity contribution in [3.05, 3.63) is 29.8 Å². The van der Waals surface area contributed by atoms with E-state index < -0.39 is 23.8 Å². The summed E-state index contributed by atoms with van der Waals surface area (Å²) in [5.74, 6) is -1.53. The average Bonchev–Trinajstić information content (AvgIpc) is 2.58. The number of carboxylic acid groups (broad SMARTS) is 1. The first-order valence-electron chi connectivity index (χ1n) is 8.18. The molecule has 25 heavy (non-hydrogen) atoms. The van der Waals surface area contributed by atoms with E-state index >= 15 is 0 Å². The average molecular weight is 350 g/mol. The van der Waals surface area contributed by atoms with Crippen LogP contribution >= 0.6 is 0 Å². The topological polar surface area (TPSA) is 105 Å². The van der Waals surface area contributed by atoms with Gasteiger partial charge in [-0.2, -0.15) is 0 Å². The number of ether oxygens (including phenoxy) is 1. The number of methoxy groups -OCH3 is 1. The van der Waals surface area contributed by atoms with Gasteiger partial charge in [0.2, 0.25) is 11.8 Å². The van der Waals surface area contributed by atoms with E-state index in [1.807, 2.05) is 13.8 Å². The number of hydrogen-bond acceptors (Lipinski definition) is 4. The Bertz CT molecular complexity index is 598. The van der Waals surface area contributed by atoms with Crippen LogP contribution in [0.15, 0.2) is 24.3 Å². The van der Waals surface area contributed by atoms with Crippen molar-refractivity contribution < 1.29 is 24.2 Å². The molecule has 0 aliphatic heterocycles. The summed E-state index contributed by atoms with van der Waals surface area (Å²) in [5, 5.41) is 14.1. The maximum absolute atomic E-state index is 12.2. The second-order valence-electron chi connectivity index (χ2n) is 6.30. The van der Waals surface area contributed by atoms with E-state index in [-0.39, 0.29) is 18.4 Å². The first kappa shape index (κ1) is 20.5. The van der Waals surface area contributed by atoms with Gasteiger partial charge in [-0.1, -0.05) is 26.0 Å². The van der Waals surface area contributed by atoms with Crippen molar-refractivity contribution in [3.8, 4) is 5.75 Å². The quantitative estimate of drug-likeness (QED) is 0.626. The number of carboxylic acids is 1. The van der Waals surface area contributed by atoms with E-state index in [0.29, 0.717) is 12.2 Å². The minimum absolute atomic E-state index is 0.131. The van der Waals surface area contributed by atoms with Crippen LogP contribution in [0.3, 0.4) is 0 Å². The zero-order valence-corrected chi connectivity index (χ0v) is 15.0. The summed E-state index contributed by atoms with van der Waals surface area (Å²) in [7, 11) is 1.56. The van der Waals surface area contributed by atoms with Crippen molar-refractivity contribution in [1.82, 2.24) is 10.6 Å². The van der Waals surface area contributed by atoms with Crippen LogP contribution in [0.4, 0.5) is 0 Å². The smallest absolute Gasteiger partial charge is 0.326 e. The minimum atomic E-state index is -1.08. The number of carbonyl (C=O) groups is 3. The van der Waals surface area contributed by atoms with Gasteiger partial charge in [-0.15, -0.1) is 0 Å². The lowest BCUT2D eigenvalue weighted by atomic mass is 10.0. The fraction of sp³-hybridized carbons (Fsp3) is 0.500. The van der Waals surface area contributed by atoms with Gasteiger partial charge in [0.15, 0.2) is 0 Å². The van der Waals surface area contributed by atoms with Gasteiger partial charge in [-0.3, -0.25) is 9.59 Å². The molecule has 1 aromatic carbocycles. The Morgan fingerprint density at radius 2 is 1.72 bits per heavy atom. The largest absolute Gasteiger partial charge is 0.497 e. The minimum Gasteiger partial charge on any atom is -0.497 e. The third kappa shape index (κ3) is 6.82. The number of rotatable bonds is 9. The van der Waals surface area contributed by atoms with E-state index in [4.69, 9.17) is 9.84 Å². The van der Waals surface area contributed by atoms with Gasteiger partial charge in [0, 0.05) is 0 Å². The number of carbonyl (C=O) groups excluding carboxylic acids is 2. The molecule has 1 aromatic rings. The summed E-state index contributed by atoms with van der Waals surface area (Å²) in [4.78, 5) is 35.2. The molecule has 2 amide bonds. The van der Waals surface area contributed by atoms with Crippen LogP contribution in [-0.2, 0) is 14.4 Å². The van der Waals surface area contributed by atoms with Crippen LogP contribution in [0.1, 0.15) is 38.7 Å². The molecular weight excluding hydrogens is 324 g/mol. The summed E-state index contributed by atoms with van der Waals surface area (Å²) in [6, 6.07) is 6.13. The third-order valence-corrected chi connectivity index (χ3v) is 3.77. The molecule has 0 spiro atoms. The molecular formula is C18H26N2O5. The Kier molecular flexibility index (Phi) is 7.91. The van der Waals surface area contributed by atoms with Crippen LogP contribution in [0.2, 0.25) is 0 Å². The zero-order valence-electron chi connectivity index (χ0n) is 15.0. The molecule has 0 saturated carbocycles. The van der Waals surface area contributed by atoms with E-state index in [1.54, 1.807) is 38.3 Å². The number of aliphatic carboxylic acids is 1. The van der Waals surface area contributed by atoms with Gasteiger partial charge < -0.3 is 20.5 Å². The Balaban J connectivity index is 2.53. The predicted octanol–water partition coefficient (Wildman–Crippen LogP) is 1.53. The van der Waals surface area contributed by atoms with Gasteiger partial charge >= 0.3 is 5.97 Å². The Morgan fingerprint density at radius 1 is 1.12 bits per heavy atom. The number of benzene rings is 1.